The predicted molar refractivity (Wildman–Crippen MR) is 149 cm³/mol. The molecule has 0 aliphatic rings. The van der Waals surface area contributed by atoms with Crippen LogP contribution >= 0.6 is 0 Å². The predicted octanol–water partition coefficient (Wildman–Crippen LogP) is 8.10. The van der Waals surface area contributed by atoms with Gasteiger partial charge in [-0.25, -0.2) is 4.79 Å². The first-order chi connectivity index (χ1) is 17.2. The van der Waals surface area contributed by atoms with Crippen LogP contribution in [0.4, 0.5) is 0 Å². The Morgan fingerprint density at radius 3 is 1.42 bits per heavy atom. The van der Waals surface area contributed by atoms with E-state index in [1.54, 1.807) is 6.92 Å². The van der Waals surface area contributed by atoms with Gasteiger partial charge in [-0.1, -0.05) is 90.0 Å². The van der Waals surface area contributed by atoms with E-state index >= 15 is 0 Å². The molecule has 0 aromatic heterocycles. The first-order valence-corrected chi connectivity index (χ1v) is 14.0. The van der Waals surface area contributed by atoms with Gasteiger partial charge in [0.05, 0.1) is 14.2 Å². The van der Waals surface area contributed by atoms with Crippen LogP contribution in [0.3, 0.4) is 0 Å². The second kappa shape index (κ2) is 33.0. The van der Waals surface area contributed by atoms with E-state index in [1.807, 2.05) is 6.08 Å². The van der Waals surface area contributed by atoms with E-state index in [2.05, 4.69) is 16.4 Å². The second-order valence-electron chi connectivity index (χ2n) is 9.35. The summed E-state index contributed by atoms with van der Waals surface area (Å²) in [6.45, 7) is 6.94. The molecule has 0 heterocycles. The molecule has 0 radical (unpaired) electrons. The van der Waals surface area contributed by atoms with Crippen molar-refractivity contribution in [3.63, 3.8) is 0 Å². The monoisotopic (exact) mass is 512 g/mol. The van der Waals surface area contributed by atoms with Gasteiger partial charge in [0.2, 0.25) is 0 Å². The molecule has 6 nitrogen and oxygen atoms in total. The third-order valence-corrected chi connectivity index (χ3v) is 5.32. The number of carbonyl (C=O) groups is 4. The zero-order chi connectivity index (χ0) is 27.9. The molecule has 0 N–H and O–H groups in total. The fraction of sp³-hybridized carbons (Fsp3) is 0.800. The van der Waals surface area contributed by atoms with E-state index in [0.717, 1.165) is 32.1 Å². The molecule has 0 aromatic rings. The highest BCUT2D eigenvalue weighted by atomic mass is 16.5. The van der Waals surface area contributed by atoms with Gasteiger partial charge in [-0.05, 0) is 46.5 Å². The lowest BCUT2D eigenvalue weighted by molar-refractivity contribution is -0.140. The van der Waals surface area contributed by atoms with Gasteiger partial charge in [0.15, 0.2) is 0 Å². The molecule has 0 aliphatic heterocycles. The third-order valence-electron chi connectivity index (χ3n) is 5.32. The number of hydrogen-bond acceptors (Lipinski definition) is 6. The van der Waals surface area contributed by atoms with Gasteiger partial charge in [0, 0.05) is 18.9 Å². The van der Waals surface area contributed by atoms with Gasteiger partial charge in [-0.15, -0.1) is 0 Å². The van der Waals surface area contributed by atoms with Gasteiger partial charge in [-0.2, -0.15) is 0 Å². The van der Waals surface area contributed by atoms with Crippen LogP contribution in [-0.2, 0) is 28.7 Å². The van der Waals surface area contributed by atoms with Crippen molar-refractivity contribution in [3.05, 3.63) is 12.2 Å². The topological polar surface area (TPSA) is 86.7 Å². The molecule has 36 heavy (non-hydrogen) atoms. The summed E-state index contributed by atoms with van der Waals surface area (Å²) in [7, 11) is 2.84. The van der Waals surface area contributed by atoms with E-state index in [0.29, 0.717) is 12.2 Å². The van der Waals surface area contributed by atoms with E-state index < -0.39 is 0 Å². The number of esters is 2. The number of methoxy groups -OCH3 is 2. The fourth-order valence-corrected chi connectivity index (χ4v) is 3.27. The van der Waals surface area contributed by atoms with Crippen LogP contribution in [0.1, 0.15) is 143 Å². The van der Waals surface area contributed by atoms with Gasteiger partial charge < -0.3 is 19.1 Å². The van der Waals surface area contributed by atoms with Crippen LogP contribution in [0, 0.1) is 0 Å². The van der Waals surface area contributed by atoms with E-state index in [4.69, 9.17) is 0 Å². The van der Waals surface area contributed by atoms with Gasteiger partial charge in [-0.3, -0.25) is 4.79 Å². The Morgan fingerprint density at radius 2 is 1.00 bits per heavy atom. The Morgan fingerprint density at radius 1 is 0.583 bits per heavy atom. The molecule has 0 saturated carbocycles. The zero-order valence-electron chi connectivity index (χ0n) is 24.3. The Balaban J connectivity index is -0.000000538. The normalized spacial score (nSPS) is 10.1. The highest BCUT2D eigenvalue weighted by Crippen LogP contribution is 2.11. The van der Waals surface area contributed by atoms with Gasteiger partial charge >= 0.3 is 11.9 Å². The number of Topliss-reactive ketones (excluding diaryl/α,β-unsaturated/α-hetero) is 2. The number of ether oxygens (including phenoxy) is 2. The SMILES string of the molecule is CC(C)=O.CCCCCCCCC=CC(=O)OC.COC(=O)CCCCCCCCCCCC(C)=O. The molecule has 0 unspecified atom stereocenters. The molecule has 0 fully saturated rings. The number of unbranched alkanes of at least 4 members (excludes halogenated alkanes) is 14. The molecule has 0 aliphatic carbocycles. The molecule has 0 saturated heterocycles. The summed E-state index contributed by atoms with van der Waals surface area (Å²) in [4.78, 5) is 41.7. The molecular formula is C30H56O6. The largest absolute Gasteiger partial charge is 0.469 e. The molecule has 0 spiro atoms. The van der Waals surface area contributed by atoms with Crippen molar-refractivity contribution >= 4 is 23.5 Å². The maximum Gasteiger partial charge on any atom is 0.330 e. The van der Waals surface area contributed by atoms with Crippen molar-refractivity contribution in [2.24, 2.45) is 0 Å². The number of rotatable bonds is 20. The van der Waals surface area contributed by atoms with E-state index in [1.165, 1.54) is 111 Å². The summed E-state index contributed by atoms with van der Waals surface area (Å²) >= 11 is 0. The lowest BCUT2D eigenvalue weighted by atomic mass is 10.1. The Bertz CT molecular complexity index is 550. The second-order valence-corrected chi connectivity index (χ2v) is 9.35. The molecule has 0 rings (SSSR count). The highest BCUT2D eigenvalue weighted by molar-refractivity contribution is 5.81. The number of carbonyl (C=O) groups excluding carboxylic acids is 4. The number of hydrogen-bond donors (Lipinski definition) is 0. The van der Waals surface area contributed by atoms with Gasteiger partial charge in [0.1, 0.15) is 11.6 Å². The standard InChI is InChI=1S/C15H28O3.C12H22O2.C3H6O/c1-14(16)12-10-8-6-4-3-5-7-9-11-13-15(17)18-2;1-3-4-5-6-7-8-9-10-11-12(13)14-2;1-3(2)4/h3-13H2,1-2H3;10-11H,3-9H2,1-2H3;1-2H3. The van der Waals surface area contributed by atoms with E-state index in [9.17, 15) is 19.2 Å². The Hall–Kier alpha value is -1.98. The number of allylic oxidation sites excluding steroid dienone is 1. The maximum atomic E-state index is 10.8. The molecular weight excluding hydrogens is 456 g/mol. The summed E-state index contributed by atoms with van der Waals surface area (Å²) in [6, 6.07) is 0. The maximum absolute atomic E-state index is 10.8. The first kappa shape index (κ1) is 38.5. The lowest BCUT2D eigenvalue weighted by Crippen LogP contribution is -1.99. The zero-order valence-corrected chi connectivity index (χ0v) is 24.3. The smallest absolute Gasteiger partial charge is 0.330 e. The quantitative estimate of drug-likeness (QED) is 0.0930. The fourth-order valence-electron chi connectivity index (χ4n) is 3.27. The molecule has 6 heteroatoms. The van der Waals surface area contributed by atoms with Crippen LogP contribution in [0.15, 0.2) is 12.2 Å². The molecule has 0 bridgehead atoms. The molecule has 0 aromatic carbocycles. The Kier molecular flexibility index (Phi) is 35.4. The van der Waals surface area contributed by atoms with Crippen LogP contribution < -0.4 is 0 Å². The minimum atomic E-state index is -0.254. The van der Waals surface area contributed by atoms with Crippen LogP contribution in [-0.4, -0.2) is 37.7 Å². The minimum absolute atomic E-state index is 0.0968. The minimum Gasteiger partial charge on any atom is -0.469 e. The molecule has 0 atom stereocenters. The Labute approximate surface area is 222 Å². The average molecular weight is 513 g/mol. The third kappa shape index (κ3) is 45.5. The first-order valence-electron chi connectivity index (χ1n) is 14.0. The summed E-state index contributed by atoms with van der Waals surface area (Å²) in [5.74, 6) is 0.122. The molecule has 0 amide bonds. The van der Waals surface area contributed by atoms with Crippen molar-refractivity contribution in [3.8, 4) is 0 Å². The van der Waals surface area contributed by atoms with Crippen molar-refractivity contribution in [2.45, 2.75) is 143 Å². The van der Waals surface area contributed by atoms with Crippen LogP contribution in [0.25, 0.3) is 0 Å². The summed E-state index contributed by atoms with van der Waals surface area (Å²) in [6.07, 6.45) is 24.0. The van der Waals surface area contributed by atoms with Crippen molar-refractivity contribution in [2.75, 3.05) is 14.2 Å². The van der Waals surface area contributed by atoms with Crippen LogP contribution in [0.5, 0.6) is 0 Å². The van der Waals surface area contributed by atoms with Gasteiger partial charge in [0.25, 0.3) is 0 Å². The number of ketones is 2. The summed E-state index contributed by atoms with van der Waals surface area (Å²) in [5, 5.41) is 0. The van der Waals surface area contributed by atoms with Crippen molar-refractivity contribution < 1.29 is 28.7 Å². The summed E-state index contributed by atoms with van der Waals surface area (Å²) < 4.78 is 9.07. The van der Waals surface area contributed by atoms with Crippen molar-refractivity contribution in [1.29, 1.82) is 0 Å². The van der Waals surface area contributed by atoms with Crippen LogP contribution in [0.2, 0.25) is 0 Å². The highest BCUT2D eigenvalue weighted by Gasteiger charge is 1.99. The molecule has 212 valence electrons. The van der Waals surface area contributed by atoms with Crippen molar-refractivity contribution in [1.82, 2.24) is 0 Å². The lowest BCUT2D eigenvalue weighted by Gasteiger charge is -2.02. The average Bonchev–Trinajstić information content (AvgIpc) is 2.83. The summed E-state index contributed by atoms with van der Waals surface area (Å²) in [5.41, 5.74) is 0. The van der Waals surface area contributed by atoms with E-state index in [-0.39, 0.29) is 17.7 Å².